The van der Waals surface area contributed by atoms with Crippen LogP contribution in [0, 0.1) is 6.92 Å². The van der Waals surface area contributed by atoms with Gasteiger partial charge in [-0.3, -0.25) is 0 Å². The molecule has 0 radical (unpaired) electrons. The lowest BCUT2D eigenvalue weighted by molar-refractivity contribution is 0.996. The molecule has 0 spiro atoms. The number of allylic oxidation sites excluding steroid dienone is 10. The molecule has 0 unspecified atom stereocenters. The van der Waals surface area contributed by atoms with E-state index in [0.717, 1.165) is 101 Å². The van der Waals surface area contributed by atoms with Crippen molar-refractivity contribution in [2.75, 3.05) is 4.90 Å². The average Bonchev–Trinajstić information content (AvgIpc) is 3.70. The van der Waals surface area contributed by atoms with Gasteiger partial charge in [0.15, 0.2) is 0 Å². The first-order chi connectivity index (χ1) is 30.9. The SMILES string of the molecule is C=C(c1c(-c2cc(/C=C\C=C/C)n(-c3cccc4c3C=C=CC=C4)c2C)n(\C(C)=c2/cccc/c2=C/C=C\C)c2ccccc12)N(C(/C=C\CC)=C/C)c1cccc2ccccc12. The zero-order valence-electron chi connectivity index (χ0n) is 37.3. The number of para-hydroxylation sites is 1. The van der Waals surface area contributed by atoms with E-state index in [1.165, 1.54) is 5.39 Å². The largest absolute Gasteiger partial charge is 0.313 e. The van der Waals surface area contributed by atoms with E-state index in [-0.39, 0.29) is 0 Å². The smallest absolute Gasteiger partial charge is 0.0649 e. The van der Waals surface area contributed by atoms with Crippen LogP contribution >= 0.6 is 0 Å². The minimum atomic E-state index is 0.886. The van der Waals surface area contributed by atoms with Crippen molar-refractivity contribution < 1.29 is 0 Å². The fourth-order valence-corrected chi connectivity index (χ4v) is 8.91. The normalized spacial score (nSPS) is 13.7. The fourth-order valence-electron chi connectivity index (χ4n) is 8.91. The average molecular weight is 818 g/mol. The molecule has 310 valence electrons. The highest BCUT2D eigenvalue weighted by molar-refractivity contribution is 6.08. The van der Waals surface area contributed by atoms with Crippen LogP contribution in [-0.2, 0) is 0 Å². The Morgan fingerprint density at radius 1 is 0.810 bits per heavy atom. The summed E-state index contributed by atoms with van der Waals surface area (Å²) in [6.45, 7) is 18.1. The van der Waals surface area contributed by atoms with Gasteiger partial charge in [0.2, 0.25) is 0 Å². The highest BCUT2D eigenvalue weighted by Crippen LogP contribution is 2.46. The summed E-state index contributed by atoms with van der Waals surface area (Å²) in [6, 6.07) is 41.7. The summed E-state index contributed by atoms with van der Waals surface area (Å²) in [7, 11) is 0. The number of hydrogen-bond acceptors (Lipinski definition) is 1. The molecule has 2 heterocycles. The van der Waals surface area contributed by atoms with E-state index in [4.69, 9.17) is 6.58 Å². The monoisotopic (exact) mass is 817 g/mol. The fraction of sp³-hybridized carbons (Fsp3) is 0.117. The van der Waals surface area contributed by atoms with E-state index in [1.54, 1.807) is 0 Å². The van der Waals surface area contributed by atoms with Gasteiger partial charge >= 0.3 is 0 Å². The Morgan fingerprint density at radius 3 is 2.37 bits per heavy atom. The molecule has 0 amide bonds. The number of fused-ring (bicyclic) bond motifs is 3. The highest BCUT2D eigenvalue weighted by Gasteiger charge is 2.29. The molecule has 3 heteroatoms. The molecular weight excluding hydrogens is 763 g/mol. The van der Waals surface area contributed by atoms with Crippen molar-refractivity contribution in [1.29, 1.82) is 0 Å². The molecule has 8 rings (SSSR count). The Bertz CT molecular complexity index is 3260. The predicted molar refractivity (Wildman–Crippen MR) is 275 cm³/mol. The second-order valence-electron chi connectivity index (χ2n) is 15.7. The second kappa shape index (κ2) is 19.0. The maximum absolute atomic E-state index is 5.13. The molecule has 0 N–H and O–H groups in total. The van der Waals surface area contributed by atoms with Crippen LogP contribution in [0.3, 0.4) is 0 Å². The van der Waals surface area contributed by atoms with Crippen LogP contribution in [0.2, 0.25) is 0 Å². The lowest BCUT2D eigenvalue weighted by atomic mass is 9.99. The van der Waals surface area contributed by atoms with Crippen molar-refractivity contribution >= 4 is 63.1 Å². The maximum Gasteiger partial charge on any atom is 0.0649 e. The zero-order valence-corrected chi connectivity index (χ0v) is 37.3. The number of aromatic nitrogens is 2. The van der Waals surface area contributed by atoms with Crippen LogP contribution in [0.4, 0.5) is 5.69 Å². The summed E-state index contributed by atoms with van der Waals surface area (Å²) in [5.41, 5.74) is 17.4. The van der Waals surface area contributed by atoms with Crippen LogP contribution < -0.4 is 15.3 Å². The molecule has 7 aromatic rings. The lowest BCUT2D eigenvalue weighted by Crippen LogP contribution is -2.28. The molecular formula is C60H55N3. The third-order valence-electron chi connectivity index (χ3n) is 11.8. The Morgan fingerprint density at radius 2 is 1.56 bits per heavy atom. The third kappa shape index (κ3) is 8.04. The van der Waals surface area contributed by atoms with Crippen molar-refractivity contribution in [1.82, 2.24) is 9.13 Å². The first-order valence-electron chi connectivity index (χ1n) is 22.0. The second-order valence-corrected chi connectivity index (χ2v) is 15.7. The van der Waals surface area contributed by atoms with E-state index in [1.807, 2.05) is 6.08 Å². The van der Waals surface area contributed by atoms with E-state index in [0.29, 0.717) is 0 Å². The molecule has 2 aromatic heterocycles. The van der Waals surface area contributed by atoms with Crippen molar-refractivity contribution in [2.24, 2.45) is 0 Å². The first-order valence-corrected chi connectivity index (χ1v) is 22.0. The Balaban J connectivity index is 1.55. The topological polar surface area (TPSA) is 13.1 Å². The van der Waals surface area contributed by atoms with Crippen molar-refractivity contribution in [3.8, 4) is 16.9 Å². The lowest BCUT2D eigenvalue weighted by Gasteiger charge is -2.30. The van der Waals surface area contributed by atoms with E-state index < -0.39 is 0 Å². The van der Waals surface area contributed by atoms with Crippen LogP contribution in [0.15, 0.2) is 194 Å². The number of rotatable bonds is 12. The van der Waals surface area contributed by atoms with Gasteiger partial charge in [0.25, 0.3) is 0 Å². The summed E-state index contributed by atoms with van der Waals surface area (Å²) in [5.74, 6) is 0. The van der Waals surface area contributed by atoms with Crippen LogP contribution in [0.1, 0.15) is 69.1 Å². The molecule has 1 aliphatic carbocycles. The third-order valence-corrected chi connectivity index (χ3v) is 11.8. The van der Waals surface area contributed by atoms with Crippen LogP contribution in [0.25, 0.3) is 74.3 Å². The van der Waals surface area contributed by atoms with Gasteiger partial charge in [0, 0.05) is 61.2 Å². The minimum absolute atomic E-state index is 0.886. The van der Waals surface area contributed by atoms with Crippen molar-refractivity contribution in [3.63, 3.8) is 0 Å². The zero-order chi connectivity index (χ0) is 43.9. The van der Waals surface area contributed by atoms with Gasteiger partial charge in [-0.1, -0.05) is 165 Å². The van der Waals surface area contributed by atoms with Gasteiger partial charge in [0.05, 0.1) is 22.6 Å². The Hall–Kier alpha value is -7.58. The maximum atomic E-state index is 5.13. The standard InChI is InChI=1S/C60H55N3/c1-8-12-16-34-50-42-55(44(6)61(50)56-40-25-31-47-28-17-15-18-36-52(47)56)60-59(45(7)62(49(11-4)33-14-10-3)57-41-26-32-48-30-20-22-37-53(48)57)54-38-23-24-39-58(54)63(60)43(5)51-35-21-19-29-46(51)27-13-9-2/h8-9,11-17,19-42H,7,10H2,1-6H3/b12-8-,13-9-,33-14-,34-16-,46-27-,49-11+,51-43+. The van der Waals surface area contributed by atoms with Gasteiger partial charge < -0.3 is 14.0 Å². The number of benzene rings is 5. The van der Waals surface area contributed by atoms with Crippen LogP contribution in [-0.4, -0.2) is 9.13 Å². The van der Waals surface area contributed by atoms with Gasteiger partial charge in [-0.25, -0.2) is 0 Å². The molecule has 0 saturated carbocycles. The summed E-state index contributed by atoms with van der Waals surface area (Å²) >= 11 is 0. The number of hydrogen-bond donors (Lipinski definition) is 0. The number of anilines is 1. The van der Waals surface area contributed by atoms with Crippen LogP contribution in [0.5, 0.6) is 0 Å². The molecule has 0 aliphatic heterocycles. The summed E-state index contributed by atoms with van der Waals surface area (Å²) in [6.07, 6.45) is 30.8. The molecule has 3 nitrogen and oxygen atoms in total. The molecule has 63 heavy (non-hydrogen) atoms. The van der Waals surface area contributed by atoms with Gasteiger partial charge in [-0.15, -0.1) is 5.73 Å². The molecule has 0 atom stereocenters. The molecule has 1 aliphatic rings. The van der Waals surface area contributed by atoms with E-state index in [2.05, 4.69) is 256 Å². The first kappa shape index (κ1) is 42.1. The minimum Gasteiger partial charge on any atom is -0.313 e. The Kier molecular flexibility index (Phi) is 12.7. The van der Waals surface area contributed by atoms with Crippen molar-refractivity contribution in [3.05, 3.63) is 233 Å². The summed E-state index contributed by atoms with van der Waals surface area (Å²) in [4.78, 5) is 2.37. The van der Waals surface area contributed by atoms with Gasteiger partial charge in [0.1, 0.15) is 0 Å². The quantitative estimate of drug-likeness (QED) is 0.0884. The summed E-state index contributed by atoms with van der Waals surface area (Å²) < 4.78 is 4.90. The van der Waals surface area contributed by atoms with E-state index in [9.17, 15) is 0 Å². The molecule has 0 bridgehead atoms. The summed E-state index contributed by atoms with van der Waals surface area (Å²) in [5, 5.41) is 5.76. The van der Waals surface area contributed by atoms with Gasteiger partial charge in [-0.2, -0.15) is 0 Å². The van der Waals surface area contributed by atoms with Crippen molar-refractivity contribution in [2.45, 2.75) is 48.0 Å². The molecule has 0 fully saturated rings. The highest BCUT2D eigenvalue weighted by atomic mass is 15.2. The molecule has 5 aromatic carbocycles. The molecule has 0 saturated heterocycles. The predicted octanol–water partition coefficient (Wildman–Crippen LogP) is 14.7. The Labute approximate surface area is 373 Å². The van der Waals surface area contributed by atoms with Gasteiger partial charge in [-0.05, 0) is 106 Å². The van der Waals surface area contributed by atoms with E-state index >= 15 is 0 Å². The number of nitrogens with zero attached hydrogens (tertiary/aromatic N) is 3.